The molecule has 1 fully saturated rings. The Morgan fingerprint density at radius 2 is 1.89 bits per heavy atom. The second kappa shape index (κ2) is 10.8. The fourth-order valence-corrected chi connectivity index (χ4v) is 3.87. The number of guanidine groups is 1. The number of rotatable bonds is 6. The van der Waals surface area contributed by atoms with Gasteiger partial charge in [-0.3, -0.25) is 5.41 Å². The van der Waals surface area contributed by atoms with E-state index in [0.29, 0.717) is 32.1 Å². The molecule has 0 aliphatic carbocycles. The van der Waals surface area contributed by atoms with E-state index >= 15 is 0 Å². The Hall–Kier alpha value is -4.50. The van der Waals surface area contributed by atoms with Crippen LogP contribution in [0.3, 0.4) is 0 Å². The summed E-state index contributed by atoms with van der Waals surface area (Å²) in [5.74, 6) is 2.55. The molecular weight excluding hydrogens is 454 g/mol. The van der Waals surface area contributed by atoms with Gasteiger partial charge in [-0.05, 0) is 60.5 Å². The normalized spacial score (nSPS) is 13.6. The van der Waals surface area contributed by atoms with Crippen molar-refractivity contribution in [2.75, 3.05) is 31.6 Å². The number of aromatic nitrogens is 2. The third kappa shape index (κ3) is 5.59. The minimum Gasteiger partial charge on any atom is -0.457 e. The van der Waals surface area contributed by atoms with E-state index in [1.165, 1.54) is 0 Å². The molecule has 3 aromatic carbocycles. The summed E-state index contributed by atoms with van der Waals surface area (Å²) in [5.41, 5.74) is 6.38. The molecule has 36 heavy (non-hydrogen) atoms. The number of hydrazone groups is 1. The molecule has 1 saturated heterocycles. The lowest BCUT2D eigenvalue weighted by molar-refractivity contribution is 0.0662. The van der Waals surface area contributed by atoms with Crippen LogP contribution in [0.25, 0.3) is 10.9 Å². The Bertz CT molecular complexity index is 1390. The summed E-state index contributed by atoms with van der Waals surface area (Å²) in [6.07, 6.45) is 3.23. The summed E-state index contributed by atoms with van der Waals surface area (Å²) in [6, 6.07) is 21.5. The SMILES string of the molecule is Cc1cc(Nc2ncnc3ccc(/C=N/NC(=N)N4CCOCC4)cc23)ccc1Oc1ccccc1. The maximum absolute atomic E-state index is 8.14. The average molecular weight is 482 g/mol. The maximum Gasteiger partial charge on any atom is 0.212 e. The summed E-state index contributed by atoms with van der Waals surface area (Å²) < 4.78 is 11.3. The highest BCUT2D eigenvalue weighted by Gasteiger charge is 2.13. The number of nitrogens with zero attached hydrogens (tertiary/aromatic N) is 4. The second-order valence-corrected chi connectivity index (χ2v) is 8.34. The molecule has 0 atom stereocenters. The molecule has 1 aliphatic rings. The van der Waals surface area contributed by atoms with Crippen LogP contribution in [0.15, 0.2) is 78.2 Å². The van der Waals surface area contributed by atoms with E-state index in [1.54, 1.807) is 12.5 Å². The van der Waals surface area contributed by atoms with Gasteiger partial charge in [0.25, 0.3) is 0 Å². The van der Waals surface area contributed by atoms with Crippen molar-refractivity contribution in [1.82, 2.24) is 20.3 Å². The number of anilines is 2. The molecule has 5 rings (SSSR count). The molecule has 0 saturated carbocycles. The number of hydrogen-bond acceptors (Lipinski definition) is 7. The molecule has 4 aromatic rings. The van der Waals surface area contributed by atoms with Crippen LogP contribution in [0.5, 0.6) is 11.5 Å². The van der Waals surface area contributed by atoms with Crippen LogP contribution in [0.2, 0.25) is 0 Å². The summed E-state index contributed by atoms with van der Waals surface area (Å²) in [7, 11) is 0. The minimum absolute atomic E-state index is 0.260. The van der Waals surface area contributed by atoms with Gasteiger partial charge in [-0.15, -0.1) is 0 Å². The highest BCUT2D eigenvalue weighted by atomic mass is 16.5. The number of benzene rings is 3. The van der Waals surface area contributed by atoms with Crippen molar-refractivity contribution in [3.63, 3.8) is 0 Å². The Balaban J connectivity index is 1.30. The van der Waals surface area contributed by atoms with Gasteiger partial charge < -0.3 is 19.7 Å². The lowest BCUT2D eigenvalue weighted by Crippen LogP contribution is -2.45. The van der Waals surface area contributed by atoms with E-state index in [9.17, 15) is 0 Å². The minimum atomic E-state index is 0.260. The largest absolute Gasteiger partial charge is 0.457 e. The highest BCUT2D eigenvalue weighted by Crippen LogP contribution is 2.29. The lowest BCUT2D eigenvalue weighted by atomic mass is 10.1. The van der Waals surface area contributed by atoms with Crippen LogP contribution in [0.1, 0.15) is 11.1 Å². The van der Waals surface area contributed by atoms with E-state index in [-0.39, 0.29) is 5.96 Å². The van der Waals surface area contributed by atoms with Gasteiger partial charge in [-0.25, -0.2) is 15.4 Å². The van der Waals surface area contributed by atoms with Gasteiger partial charge in [0.2, 0.25) is 5.96 Å². The fraction of sp³-hybridized carbons (Fsp3) is 0.185. The monoisotopic (exact) mass is 481 g/mol. The molecule has 0 spiro atoms. The Kier molecular flexibility index (Phi) is 7.00. The molecule has 9 nitrogen and oxygen atoms in total. The van der Waals surface area contributed by atoms with Crippen LogP contribution in [0, 0.1) is 12.3 Å². The molecule has 2 heterocycles. The predicted molar refractivity (Wildman–Crippen MR) is 141 cm³/mol. The van der Waals surface area contributed by atoms with Crippen molar-refractivity contribution in [2.45, 2.75) is 6.92 Å². The van der Waals surface area contributed by atoms with Crippen molar-refractivity contribution < 1.29 is 9.47 Å². The van der Waals surface area contributed by atoms with E-state index in [2.05, 4.69) is 25.8 Å². The number of fused-ring (bicyclic) bond motifs is 1. The number of aryl methyl sites for hydroxylation is 1. The average Bonchev–Trinajstić information content (AvgIpc) is 2.91. The van der Waals surface area contributed by atoms with Crippen molar-refractivity contribution >= 4 is 34.6 Å². The molecule has 0 unspecified atom stereocenters. The predicted octanol–water partition coefficient (Wildman–Crippen LogP) is 4.66. The van der Waals surface area contributed by atoms with Crippen LogP contribution >= 0.6 is 0 Å². The van der Waals surface area contributed by atoms with Crippen LogP contribution in [-0.4, -0.2) is 53.3 Å². The van der Waals surface area contributed by atoms with E-state index < -0.39 is 0 Å². The van der Waals surface area contributed by atoms with Crippen LogP contribution in [0.4, 0.5) is 11.5 Å². The number of hydrogen-bond donors (Lipinski definition) is 3. The topological polar surface area (TPSA) is 108 Å². The molecule has 1 aliphatic heterocycles. The number of nitrogens with one attached hydrogen (secondary N) is 3. The number of ether oxygens (including phenoxy) is 2. The van der Waals surface area contributed by atoms with Gasteiger partial charge in [0.1, 0.15) is 23.6 Å². The van der Waals surface area contributed by atoms with E-state index in [4.69, 9.17) is 14.9 Å². The first kappa shape index (κ1) is 23.3. The summed E-state index contributed by atoms with van der Waals surface area (Å²) in [6.45, 7) is 4.62. The molecule has 3 N–H and O–H groups in total. The van der Waals surface area contributed by atoms with Crippen LogP contribution in [-0.2, 0) is 4.74 Å². The summed E-state index contributed by atoms with van der Waals surface area (Å²) in [5, 5.41) is 16.6. The maximum atomic E-state index is 8.14. The van der Waals surface area contributed by atoms with Crippen LogP contribution < -0.4 is 15.5 Å². The molecule has 0 radical (unpaired) electrons. The summed E-state index contributed by atoms with van der Waals surface area (Å²) >= 11 is 0. The third-order valence-electron chi connectivity index (χ3n) is 5.78. The first-order valence-electron chi connectivity index (χ1n) is 11.7. The van der Waals surface area contributed by atoms with Gasteiger partial charge in [0.15, 0.2) is 0 Å². The first-order chi connectivity index (χ1) is 17.7. The summed E-state index contributed by atoms with van der Waals surface area (Å²) in [4.78, 5) is 10.8. The molecule has 1 aromatic heterocycles. The zero-order valence-electron chi connectivity index (χ0n) is 19.9. The van der Waals surface area contributed by atoms with Gasteiger partial charge in [0.05, 0.1) is 24.9 Å². The molecule has 0 bridgehead atoms. The fourth-order valence-electron chi connectivity index (χ4n) is 3.87. The highest BCUT2D eigenvalue weighted by molar-refractivity contribution is 5.95. The zero-order valence-corrected chi connectivity index (χ0v) is 19.9. The van der Waals surface area contributed by atoms with E-state index in [1.807, 2.05) is 78.6 Å². The van der Waals surface area contributed by atoms with Gasteiger partial charge in [-0.2, -0.15) is 5.10 Å². The zero-order chi connectivity index (χ0) is 24.7. The van der Waals surface area contributed by atoms with Crippen molar-refractivity contribution in [1.29, 1.82) is 5.41 Å². The number of morpholine rings is 1. The van der Waals surface area contributed by atoms with Crippen molar-refractivity contribution in [2.24, 2.45) is 5.10 Å². The Morgan fingerprint density at radius 1 is 1.06 bits per heavy atom. The van der Waals surface area contributed by atoms with Gasteiger partial charge in [0, 0.05) is 24.2 Å². The van der Waals surface area contributed by atoms with Gasteiger partial charge in [-0.1, -0.05) is 24.3 Å². The second-order valence-electron chi connectivity index (χ2n) is 8.34. The van der Waals surface area contributed by atoms with E-state index in [0.717, 1.165) is 39.2 Å². The van der Waals surface area contributed by atoms with Crippen molar-refractivity contribution in [3.05, 3.63) is 84.2 Å². The molecular formula is C27H27N7O2. The smallest absolute Gasteiger partial charge is 0.212 e. The van der Waals surface area contributed by atoms with Crippen molar-refractivity contribution in [3.8, 4) is 11.5 Å². The lowest BCUT2D eigenvalue weighted by Gasteiger charge is -2.27. The number of para-hydroxylation sites is 1. The Morgan fingerprint density at radius 3 is 2.69 bits per heavy atom. The first-order valence-corrected chi connectivity index (χ1v) is 11.7. The standard InChI is InChI=1S/C27H27N7O2/c1-19-15-21(8-10-25(19)36-22-5-3-2-4-6-22)32-26-23-16-20(7-9-24(23)29-18-30-26)17-31-33-27(28)34-11-13-35-14-12-34/h2-10,15-18H,11-14H2,1H3,(H2,28,33)(H,29,30,32)/b31-17+. The Labute approximate surface area is 209 Å². The van der Waals surface area contributed by atoms with Gasteiger partial charge >= 0.3 is 0 Å². The third-order valence-corrected chi connectivity index (χ3v) is 5.78. The molecule has 9 heteroatoms. The molecule has 0 amide bonds. The quantitative estimate of drug-likeness (QED) is 0.209. The molecule has 182 valence electrons.